The van der Waals surface area contributed by atoms with E-state index in [1.165, 1.54) is 13.2 Å². The molecule has 0 saturated heterocycles. The third-order valence-electron chi connectivity index (χ3n) is 4.97. The first-order chi connectivity index (χ1) is 15.8. The van der Waals surface area contributed by atoms with Crippen molar-refractivity contribution in [2.24, 2.45) is 0 Å². The van der Waals surface area contributed by atoms with Crippen LogP contribution in [-0.4, -0.2) is 34.4 Å². The Morgan fingerprint density at radius 2 is 1.82 bits per heavy atom. The highest BCUT2D eigenvalue weighted by Crippen LogP contribution is 2.35. The first kappa shape index (κ1) is 20.6. The van der Waals surface area contributed by atoms with Crippen LogP contribution < -0.4 is 19.5 Å². The number of nitrogens with one attached hydrogen (secondary N) is 1. The average molecular weight is 456 g/mol. The van der Waals surface area contributed by atoms with Crippen molar-refractivity contribution in [3.05, 3.63) is 66.0 Å². The lowest BCUT2D eigenvalue weighted by Gasteiger charge is -2.11. The molecule has 3 heterocycles. The number of aromatic nitrogens is 3. The molecule has 11 heteroatoms. The van der Waals surface area contributed by atoms with E-state index < -0.39 is 17.8 Å². The number of anilines is 1. The van der Waals surface area contributed by atoms with Gasteiger partial charge in [0.05, 0.1) is 12.8 Å². The van der Waals surface area contributed by atoms with Crippen molar-refractivity contribution in [2.75, 3.05) is 19.2 Å². The maximum absolute atomic E-state index is 13.8. The second kappa shape index (κ2) is 7.69. The molecule has 2 aromatic carbocycles. The van der Waals surface area contributed by atoms with Crippen molar-refractivity contribution in [1.29, 1.82) is 0 Å². The highest BCUT2D eigenvalue weighted by molar-refractivity contribution is 6.03. The van der Waals surface area contributed by atoms with Crippen LogP contribution in [0.25, 0.3) is 16.9 Å². The van der Waals surface area contributed by atoms with Gasteiger partial charge in [0.1, 0.15) is 5.75 Å². The van der Waals surface area contributed by atoms with Crippen LogP contribution in [0, 0.1) is 0 Å². The predicted octanol–water partition coefficient (Wildman–Crippen LogP) is 4.40. The number of methoxy groups -OCH3 is 1. The SMILES string of the molecule is COc1ccc(-c2cc(C(F)(F)F)n3nc(C(=O)Nc4ccc5c(c4)OCO5)cc3n2)cc1. The quantitative estimate of drug-likeness (QED) is 0.490. The summed E-state index contributed by atoms with van der Waals surface area (Å²) in [4.78, 5) is 17.0. The molecule has 0 bridgehead atoms. The van der Waals surface area contributed by atoms with Gasteiger partial charge in [-0.05, 0) is 42.5 Å². The Bertz CT molecular complexity index is 1370. The fourth-order valence-corrected chi connectivity index (χ4v) is 3.37. The van der Waals surface area contributed by atoms with Gasteiger partial charge in [-0.25, -0.2) is 9.50 Å². The molecule has 1 amide bonds. The summed E-state index contributed by atoms with van der Waals surface area (Å²) in [6.07, 6.45) is -4.72. The molecule has 1 N–H and O–H groups in total. The summed E-state index contributed by atoms with van der Waals surface area (Å²) < 4.78 is 57.5. The van der Waals surface area contributed by atoms with Gasteiger partial charge in [-0.15, -0.1) is 0 Å². The Kier molecular flexibility index (Phi) is 4.81. The Morgan fingerprint density at radius 1 is 1.06 bits per heavy atom. The molecule has 4 aromatic rings. The summed E-state index contributed by atoms with van der Waals surface area (Å²) >= 11 is 0. The topological polar surface area (TPSA) is 87.0 Å². The van der Waals surface area contributed by atoms with Crippen LogP contribution in [0.1, 0.15) is 16.2 Å². The zero-order valence-corrected chi connectivity index (χ0v) is 17.0. The van der Waals surface area contributed by atoms with Gasteiger partial charge in [-0.2, -0.15) is 18.3 Å². The third-order valence-corrected chi connectivity index (χ3v) is 4.97. The van der Waals surface area contributed by atoms with Gasteiger partial charge in [0.25, 0.3) is 5.91 Å². The molecule has 0 unspecified atom stereocenters. The van der Waals surface area contributed by atoms with Gasteiger partial charge in [-0.3, -0.25) is 4.79 Å². The number of alkyl halides is 3. The molecule has 0 aliphatic carbocycles. The first-order valence-electron chi connectivity index (χ1n) is 9.65. The fourth-order valence-electron chi connectivity index (χ4n) is 3.37. The highest BCUT2D eigenvalue weighted by atomic mass is 19.4. The maximum atomic E-state index is 13.8. The number of halogens is 3. The Balaban J connectivity index is 1.52. The summed E-state index contributed by atoms with van der Waals surface area (Å²) in [5.74, 6) is 0.847. The normalized spacial score (nSPS) is 12.7. The fraction of sp³-hybridized carbons (Fsp3) is 0.136. The minimum Gasteiger partial charge on any atom is -0.497 e. The van der Waals surface area contributed by atoms with Crippen LogP contribution in [-0.2, 0) is 6.18 Å². The second-order valence-electron chi connectivity index (χ2n) is 7.07. The number of benzene rings is 2. The molecule has 0 saturated carbocycles. The van der Waals surface area contributed by atoms with Crippen LogP contribution in [0.2, 0.25) is 0 Å². The standard InChI is InChI=1S/C22H15F3N4O4/c1-31-14-5-2-12(3-6-14)15-9-19(22(23,24)25)29-20(27-15)10-16(28-29)21(30)26-13-4-7-17-18(8-13)33-11-32-17/h2-10H,11H2,1H3,(H,26,30). The number of ether oxygens (including phenoxy) is 3. The molecule has 8 nitrogen and oxygen atoms in total. The second-order valence-corrected chi connectivity index (χ2v) is 7.07. The molecule has 5 rings (SSSR count). The summed E-state index contributed by atoms with van der Waals surface area (Å²) in [6.45, 7) is 0.0710. The zero-order valence-electron chi connectivity index (χ0n) is 17.0. The van der Waals surface area contributed by atoms with Crippen molar-refractivity contribution >= 4 is 17.2 Å². The lowest BCUT2D eigenvalue weighted by molar-refractivity contribution is -0.142. The Hall–Kier alpha value is -4.28. The van der Waals surface area contributed by atoms with Crippen LogP contribution in [0.5, 0.6) is 17.2 Å². The van der Waals surface area contributed by atoms with E-state index in [-0.39, 0.29) is 23.8 Å². The summed E-state index contributed by atoms with van der Waals surface area (Å²) in [5, 5.41) is 6.45. The van der Waals surface area contributed by atoms with Crippen molar-refractivity contribution in [1.82, 2.24) is 14.6 Å². The molecule has 168 valence electrons. The average Bonchev–Trinajstić information content (AvgIpc) is 3.44. The van der Waals surface area contributed by atoms with Crippen LogP contribution in [0.15, 0.2) is 54.6 Å². The van der Waals surface area contributed by atoms with Gasteiger partial charge in [0, 0.05) is 23.4 Å². The van der Waals surface area contributed by atoms with Gasteiger partial charge in [0.15, 0.2) is 28.5 Å². The maximum Gasteiger partial charge on any atom is 0.433 e. The largest absolute Gasteiger partial charge is 0.497 e. The smallest absolute Gasteiger partial charge is 0.433 e. The number of hydrogen-bond donors (Lipinski definition) is 1. The van der Waals surface area contributed by atoms with E-state index in [0.717, 1.165) is 6.07 Å². The van der Waals surface area contributed by atoms with E-state index >= 15 is 0 Å². The minimum absolute atomic E-state index is 0.0710. The summed E-state index contributed by atoms with van der Waals surface area (Å²) in [7, 11) is 1.49. The molecule has 0 spiro atoms. The molecular formula is C22H15F3N4O4. The lowest BCUT2D eigenvalue weighted by Crippen LogP contribution is -2.15. The molecule has 0 fully saturated rings. The van der Waals surface area contributed by atoms with Gasteiger partial charge in [0.2, 0.25) is 6.79 Å². The van der Waals surface area contributed by atoms with E-state index in [0.29, 0.717) is 33.0 Å². The van der Waals surface area contributed by atoms with Crippen molar-refractivity contribution < 1.29 is 32.2 Å². The third kappa shape index (κ3) is 3.88. The molecule has 1 aliphatic rings. The monoisotopic (exact) mass is 456 g/mol. The van der Waals surface area contributed by atoms with E-state index in [1.807, 2.05) is 0 Å². The van der Waals surface area contributed by atoms with Crippen molar-refractivity contribution in [3.63, 3.8) is 0 Å². The van der Waals surface area contributed by atoms with Crippen molar-refractivity contribution in [2.45, 2.75) is 6.18 Å². The predicted molar refractivity (Wildman–Crippen MR) is 110 cm³/mol. The summed E-state index contributed by atoms with van der Waals surface area (Å²) in [6, 6.07) is 13.3. The number of nitrogens with zero attached hydrogens (tertiary/aromatic N) is 3. The van der Waals surface area contributed by atoms with E-state index in [9.17, 15) is 18.0 Å². The van der Waals surface area contributed by atoms with Crippen LogP contribution in [0.3, 0.4) is 0 Å². The highest BCUT2D eigenvalue weighted by Gasteiger charge is 2.35. The van der Waals surface area contributed by atoms with Crippen LogP contribution in [0.4, 0.5) is 18.9 Å². The van der Waals surface area contributed by atoms with E-state index in [1.54, 1.807) is 42.5 Å². The Labute approximate surface area is 184 Å². The molecule has 2 aromatic heterocycles. The van der Waals surface area contributed by atoms with Crippen molar-refractivity contribution in [3.8, 4) is 28.5 Å². The number of carbonyl (C=O) groups is 1. The van der Waals surface area contributed by atoms with Gasteiger partial charge >= 0.3 is 6.18 Å². The number of carbonyl (C=O) groups excluding carboxylic acids is 1. The van der Waals surface area contributed by atoms with Gasteiger partial charge < -0.3 is 19.5 Å². The number of fused-ring (bicyclic) bond motifs is 2. The first-order valence-corrected chi connectivity index (χ1v) is 9.65. The summed E-state index contributed by atoms with van der Waals surface area (Å²) in [5.41, 5.74) is -0.481. The lowest BCUT2D eigenvalue weighted by atomic mass is 10.1. The Morgan fingerprint density at radius 3 is 2.55 bits per heavy atom. The molecule has 33 heavy (non-hydrogen) atoms. The zero-order chi connectivity index (χ0) is 23.2. The number of hydrogen-bond acceptors (Lipinski definition) is 6. The van der Waals surface area contributed by atoms with Crippen LogP contribution >= 0.6 is 0 Å². The van der Waals surface area contributed by atoms with E-state index in [2.05, 4.69) is 15.4 Å². The number of rotatable bonds is 4. The molecule has 0 atom stereocenters. The number of amides is 1. The molecular weight excluding hydrogens is 441 g/mol. The van der Waals surface area contributed by atoms with E-state index in [4.69, 9.17) is 14.2 Å². The molecule has 0 radical (unpaired) electrons. The van der Waals surface area contributed by atoms with Gasteiger partial charge in [-0.1, -0.05) is 0 Å². The molecule has 1 aliphatic heterocycles. The minimum atomic E-state index is -4.72.